The van der Waals surface area contributed by atoms with E-state index in [1.54, 1.807) is 37.8 Å². The van der Waals surface area contributed by atoms with Gasteiger partial charge in [0.2, 0.25) is 10.9 Å². The van der Waals surface area contributed by atoms with Crippen LogP contribution in [0.5, 0.6) is 17.2 Å². The summed E-state index contributed by atoms with van der Waals surface area (Å²) < 4.78 is 18.0. The summed E-state index contributed by atoms with van der Waals surface area (Å²) in [5.74, 6) is 2.92. The van der Waals surface area contributed by atoms with Gasteiger partial charge in [-0.15, -0.1) is 5.10 Å². The molecule has 0 spiro atoms. The summed E-state index contributed by atoms with van der Waals surface area (Å²) in [5, 5.41) is 15.1. The summed E-state index contributed by atoms with van der Waals surface area (Å²) >= 11 is 1.66. The quantitative estimate of drug-likeness (QED) is 0.377. The molecule has 2 aromatic carbocycles. The SMILES string of the molecule is COc1cc(C[NH2+]CCCSc2nnnn2-c2ccccc2)cc(OC)c1OC. The molecule has 154 valence electrons. The van der Waals surface area contributed by atoms with Gasteiger partial charge in [-0.2, -0.15) is 4.68 Å². The van der Waals surface area contributed by atoms with E-state index in [0.717, 1.165) is 41.7 Å². The minimum absolute atomic E-state index is 0.617. The van der Waals surface area contributed by atoms with Crippen LogP contribution in [0.4, 0.5) is 0 Å². The molecule has 0 saturated heterocycles. The first-order valence-corrected chi connectivity index (χ1v) is 10.3. The predicted molar refractivity (Wildman–Crippen MR) is 111 cm³/mol. The van der Waals surface area contributed by atoms with Gasteiger partial charge < -0.3 is 19.5 Å². The van der Waals surface area contributed by atoms with Crippen LogP contribution >= 0.6 is 11.8 Å². The number of thioether (sulfide) groups is 1. The number of aromatic nitrogens is 4. The molecule has 2 N–H and O–H groups in total. The number of para-hydroxylation sites is 1. The van der Waals surface area contributed by atoms with Crippen molar-refractivity contribution in [2.45, 2.75) is 18.1 Å². The van der Waals surface area contributed by atoms with Crippen LogP contribution < -0.4 is 19.5 Å². The third-order valence-corrected chi connectivity index (χ3v) is 5.34. The Labute approximate surface area is 174 Å². The fourth-order valence-electron chi connectivity index (χ4n) is 2.91. The van der Waals surface area contributed by atoms with Gasteiger partial charge in [-0.1, -0.05) is 30.0 Å². The Kier molecular flexibility index (Phi) is 7.71. The summed E-state index contributed by atoms with van der Waals surface area (Å²) in [4.78, 5) is 0. The van der Waals surface area contributed by atoms with Gasteiger partial charge in [0.1, 0.15) is 6.54 Å². The predicted octanol–water partition coefficient (Wildman–Crippen LogP) is 1.93. The standard InChI is InChI=1S/C20H25N5O3S/c1-26-17-12-15(13-18(27-2)19(17)28-3)14-21-10-7-11-29-20-22-23-24-25(20)16-8-5-4-6-9-16/h4-6,8-9,12-13,21H,7,10-11,14H2,1-3H3/p+1. The van der Waals surface area contributed by atoms with Crippen molar-refractivity contribution in [3.05, 3.63) is 48.0 Å². The molecule has 0 aliphatic carbocycles. The van der Waals surface area contributed by atoms with Gasteiger partial charge in [0.25, 0.3) is 0 Å². The zero-order valence-corrected chi connectivity index (χ0v) is 17.7. The molecular weight excluding hydrogens is 390 g/mol. The minimum Gasteiger partial charge on any atom is -0.493 e. The molecule has 0 aliphatic rings. The van der Waals surface area contributed by atoms with Crippen LogP contribution in [0.3, 0.4) is 0 Å². The number of nitrogens with zero attached hydrogens (tertiary/aromatic N) is 4. The second kappa shape index (κ2) is 10.7. The zero-order valence-electron chi connectivity index (χ0n) is 16.9. The van der Waals surface area contributed by atoms with E-state index in [0.29, 0.717) is 17.2 Å². The first-order chi connectivity index (χ1) is 14.3. The van der Waals surface area contributed by atoms with Gasteiger partial charge >= 0.3 is 0 Å². The van der Waals surface area contributed by atoms with Crippen molar-refractivity contribution in [2.75, 3.05) is 33.6 Å². The Hall–Kier alpha value is -2.78. The van der Waals surface area contributed by atoms with Gasteiger partial charge in [0.05, 0.1) is 33.6 Å². The van der Waals surface area contributed by atoms with Crippen molar-refractivity contribution in [1.29, 1.82) is 0 Å². The second-order valence-corrected chi connectivity index (χ2v) is 7.29. The highest BCUT2D eigenvalue weighted by atomic mass is 32.2. The van der Waals surface area contributed by atoms with E-state index in [4.69, 9.17) is 14.2 Å². The third-order valence-electron chi connectivity index (χ3n) is 4.33. The molecule has 0 atom stereocenters. The van der Waals surface area contributed by atoms with Crippen LogP contribution in [-0.4, -0.2) is 53.8 Å². The maximum Gasteiger partial charge on any atom is 0.214 e. The largest absolute Gasteiger partial charge is 0.493 e. The monoisotopic (exact) mass is 416 g/mol. The Morgan fingerprint density at radius 2 is 1.72 bits per heavy atom. The molecule has 29 heavy (non-hydrogen) atoms. The molecule has 8 nitrogen and oxygen atoms in total. The number of benzene rings is 2. The van der Waals surface area contributed by atoms with Crippen LogP contribution in [0.2, 0.25) is 0 Å². The molecule has 3 rings (SSSR count). The molecule has 0 unspecified atom stereocenters. The Balaban J connectivity index is 1.46. The molecule has 0 saturated carbocycles. The van der Waals surface area contributed by atoms with E-state index >= 15 is 0 Å². The number of nitrogens with two attached hydrogens (primary N) is 1. The highest BCUT2D eigenvalue weighted by Crippen LogP contribution is 2.37. The summed E-state index contributed by atoms with van der Waals surface area (Å²) in [6.07, 6.45) is 1.04. The number of rotatable bonds is 11. The van der Waals surface area contributed by atoms with Crippen LogP contribution in [0.15, 0.2) is 47.6 Å². The first kappa shape index (κ1) is 20.9. The van der Waals surface area contributed by atoms with Crippen molar-refractivity contribution in [2.24, 2.45) is 0 Å². The molecule has 0 amide bonds. The molecule has 0 radical (unpaired) electrons. The maximum atomic E-state index is 5.41. The number of hydrogen-bond acceptors (Lipinski definition) is 7. The smallest absolute Gasteiger partial charge is 0.214 e. The Morgan fingerprint density at radius 3 is 2.38 bits per heavy atom. The normalized spacial score (nSPS) is 10.7. The van der Waals surface area contributed by atoms with Crippen molar-refractivity contribution < 1.29 is 19.5 Å². The van der Waals surface area contributed by atoms with Gasteiger partial charge in [-0.25, -0.2) is 0 Å². The number of methoxy groups -OCH3 is 3. The van der Waals surface area contributed by atoms with Crippen molar-refractivity contribution in [3.63, 3.8) is 0 Å². The van der Waals surface area contributed by atoms with Gasteiger partial charge in [-0.3, -0.25) is 0 Å². The molecular formula is C20H26N5O3S+. The van der Waals surface area contributed by atoms with Gasteiger partial charge in [-0.05, 0) is 34.7 Å². The first-order valence-electron chi connectivity index (χ1n) is 9.34. The van der Waals surface area contributed by atoms with Crippen molar-refractivity contribution in [1.82, 2.24) is 20.2 Å². The highest BCUT2D eigenvalue weighted by molar-refractivity contribution is 7.99. The number of ether oxygens (including phenoxy) is 3. The van der Waals surface area contributed by atoms with Crippen LogP contribution in [-0.2, 0) is 6.54 Å². The fraction of sp³-hybridized carbons (Fsp3) is 0.350. The summed E-state index contributed by atoms with van der Waals surface area (Å²) in [7, 11) is 4.87. The average Bonchev–Trinajstić information content (AvgIpc) is 3.24. The number of hydrogen-bond donors (Lipinski definition) is 1. The van der Waals surface area contributed by atoms with E-state index < -0.39 is 0 Å². The molecule has 9 heteroatoms. The minimum atomic E-state index is 0.617. The zero-order chi connectivity index (χ0) is 20.5. The van der Waals surface area contributed by atoms with Gasteiger partial charge in [0.15, 0.2) is 11.5 Å². The van der Waals surface area contributed by atoms with Crippen LogP contribution in [0.25, 0.3) is 5.69 Å². The van der Waals surface area contributed by atoms with Gasteiger partial charge in [0, 0.05) is 17.7 Å². The van der Waals surface area contributed by atoms with E-state index in [-0.39, 0.29) is 0 Å². The Morgan fingerprint density at radius 1 is 1.00 bits per heavy atom. The molecule has 0 bridgehead atoms. The van der Waals surface area contributed by atoms with E-state index in [9.17, 15) is 0 Å². The maximum absolute atomic E-state index is 5.41. The lowest BCUT2D eigenvalue weighted by molar-refractivity contribution is -0.670. The molecule has 0 fully saturated rings. The second-order valence-electron chi connectivity index (χ2n) is 6.23. The van der Waals surface area contributed by atoms with Crippen LogP contribution in [0.1, 0.15) is 12.0 Å². The van der Waals surface area contributed by atoms with Crippen molar-refractivity contribution >= 4 is 11.8 Å². The van der Waals surface area contributed by atoms with E-state index in [1.165, 1.54) is 0 Å². The fourth-order valence-corrected chi connectivity index (χ4v) is 3.77. The Bertz CT molecular complexity index is 879. The van der Waals surface area contributed by atoms with Crippen molar-refractivity contribution in [3.8, 4) is 22.9 Å². The number of tetrazole rings is 1. The third kappa shape index (κ3) is 5.39. The van der Waals surface area contributed by atoms with Crippen LogP contribution in [0, 0.1) is 0 Å². The lowest BCUT2D eigenvalue weighted by Crippen LogP contribution is -2.82. The van der Waals surface area contributed by atoms with E-state index in [1.807, 2.05) is 42.5 Å². The summed E-state index contributed by atoms with van der Waals surface area (Å²) in [6, 6.07) is 13.9. The summed E-state index contributed by atoms with van der Waals surface area (Å²) in [6.45, 7) is 1.83. The molecule has 1 heterocycles. The highest BCUT2D eigenvalue weighted by Gasteiger charge is 2.14. The lowest BCUT2D eigenvalue weighted by atomic mass is 10.1. The topological polar surface area (TPSA) is 87.9 Å². The lowest BCUT2D eigenvalue weighted by Gasteiger charge is -2.13. The summed E-state index contributed by atoms with van der Waals surface area (Å²) in [5.41, 5.74) is 2.09. The van der Waals surface area contributed by atoms with E-state index in [2.05, 4.69) is 20.8 Å². The number of quaternary nitrogens is 1. The molecule has 0 aliphatic heterocycles. The molecule has 3 aromatic rings. The average molecular weight is 417 g/mol. The molecule has 1 aromatic heterocycles.